The minimum absolute atomic E-state index is 0.378. The molecule has 0 aliphatic carbocycles. The maximum atomic E-state index is 5.87. The molecule has 0 aromatic carbocycles. The van der Waals surface area contributed by atoms with Crippen LogP contribution in [0.3, 0.4) is 0 Å². The standard InChI is InChI=1S/C9H20N2/c1-9(2,3)8-5-7(10)6-11(8)4/h7-8H,5-6,10H2,1-4H3. The van der Waals surface area contributed by atoms with Crippen molar-refractivity contribution in [1.82, 2.24) is 4.90 Å². The third-order valence-corrected chi connectivity index (χ3v) is 2.58. The van der Waals surface area contributed by atoms with Crippen LogP contribution in [0.2, 0.25) is 0 Å². The van der Waals surface area contributed by atoms with Gasteiger partial charge in [0.2, 0.25) is 0 Å². The van der Waals surface area contributed by atoms with Crippen LogP contribution in [0, 0.1) is 5.41 Å². The monoisotopic (exact) mass is 156 g/mol. The van der Waals surface area contributed by atoms with E-state index in [-0.39, 0.29) is 0 Å². The fourth-order valence-corrected chi connectivity index (χ4v) is 2.05. The summed E-state index contributed by atoms with van der Waals surface area (Å²) in [6.45, 7) is 7.91. The van der Waals surface area contributed by atoms with Crippen molar-refractivity contribution >= 4 is 0 Å². The first-order chi connectivity index (χ1) is 4.91. The third-order valence-electron chi connectivity index (χ3n) is 2.58. The summed E-state index contributed by atoms with van der Waals surface area (Å²) in [4.78, 5) is 2.38. The quantitative estimate of drug-likeness (QED) is 0.568. The smallest absolute Gasteiger partial charge is 0.0182 e. The fourth-order valence-electron chi connectivity index (χ4n) is 2.05. The first-order valence-corrected chi connectivity index (χ1v) is 4.37. The summed E-state index contributed by atoms with van der Waals surface area (Å²) in [6.07, 6.45) is 1.15. The first-order valence-electron chi connectivity index (χ1n) is 4.37. The third kappa shape index (κ3) is 1.94. The van der Waals surface area contributed by atoms with Crippen molar-refractivity contribution in [3.63, 3.8) is 0 Å². The molecule has 2 N–H and O–H groups in total. The van der Waals surface area contributed by atoms with Crippen molar-refractivity contribution in [2.24, 2.45) is 11.1 Å². The van der Waals surface area contributed by atoms with Crippen LogP contribution in [-0.4, -0.2) is 30.6 Å². The molecule has 1 rings (SSSR count). The number of hydrogen-bond donors (Lipinski definition) is 1. The van der Waals surface area contributed by atoms with E-state index >= 15 is 0 Å². The summed E-state index contributed by atoms with van der Waals surface area (Å²) in [5, 5.41) is 0. The highest BCUT2D eigenvalue weighted by Crippen LogP contribution is 2.30. The Labute approximate surface area is 69.8 Å². The zero-order valence-electron chi connectivity index (χ0n) is 8.09. The van der Waals surface area contributed by atoms with Crippen molar-refractivity contribution in [2.75, 3.05) is 13.6 Å². The number of hydrogen-bond acceptors (Lipinski definition) is 2. The van der Waals surface area contributed by atoms with Crippen LogP contribution >= 0.6 is 0 Å². The lowest BCUT2D eigenvalue weighted by Crippen LogP contribution is -2.36. The van der Waals surface area contributed by atoms with Gasteiger partial charge in [-0.15, -0.1) is 0 Å². The average molecular weight is 156 g/mol. The summed E-state index contributed by atoms with van der Waals surface area (Å²) in [7, 11) is 2.17. The second kappa shape index (κ2) is 2.76. The largest absolute Gasteiger partial charge is 0.326 e. The molecule has 2 atom stereocenters. The van der Waals surface area contributed by atoms with Gasteiger partial charge in [0, 0.05) is 18.6 Å². The minimum Gasteiger partial charge on any atom is -0.326 e. The van der Waals surface area contributed by atoms with Gasteiger partial charge in [0.05, 0.1) is 0 Å². The van der Waals surface area contributed by atoms with E-state index in [2.05, 4.69) is 32.7 Å². The fraction of sp³-hybridized carbons (Fsp3) is 1.00. The van der Waals surface area contributed by atoms with Gasteiger partial charge in [0.25, 0.3) is 0 Å². The predicted octanol–water partition coefficient (Wildman–Crippen LogP) is 1.06. The molecule has 2 nitrogen and oxygen atoms in total. The van der Waals surface area contributed by atoms with Crippen molar-refractivity contribution in [2.45, 2.75) is 39.3 Å². The Morgan fingerprint density at radius 3 is 2.09 bits per heavy atom. The zero-order chi connectivity index (χ0) is 8.65. The van der Waals surface area contributed by atoms with E-state index in [0.717, 1.165) is 13.0 Å². The summed E-state index contributed by atoms with van der Waals surface area (Å²) in [5.41, 5.74) is 6.25. The topological polar surface area (TPSA) is 29.3 Å². The maximum Gasteiger partial charge on any atom is 0.0182 e. The Balaban J connectivity index is 2.60. The molecule has 66 valence electrons. The predicted molar refractivity (Wildman–Crippen MR) is 48.5 cm³/mol. The number of likely N-dealkylation sites (N-methyl/N-ethyl adjacent to an activating group) is 1. The molecule has 11 heavy (non-hydrogen) atoms. The number of nitrogens with zero attached hydrogens (tertiary/aromatic N) is 1. The van der Waals surface area contributed by atoms with Gasteiger partial charge in [-0.25, -0.2) is 0 Å². The van der Waals surface area contributed by atoms with Crippen molar-refractivity contribution in [3.8, 4) is 0 Å². The highest BCUT2D eigenvalue weighted by molar-refractivity contribution is 4.92. The molecule has 2 unspecified atom stereocenters. The molecular formula is C9H20N2. The average Bonchev–Trinajstić information content (AvgIpc) is 2.08. The Kier molecular flexibility index (Phi) is 2.26. The second-order valence-corrected chi connectivity index (χ2v) is 4.82. The molecule has 0 bridgehead atoms. The second-order valence-electron chi connectivity index (χ2n) is 4.82. The first kappa shape index (κ1) is 9.01. The van der Waals surface area contributed by atoms with Crippen LogP contribution in [0.15, 0.2) is 0 Å². The van der Waals surface area contributed by atoms with Crippen molar-refractivity contribution in [3.05, 3.63) is 0 Å². The summed E-state index contributed by atoms with van der Waals surface area (Å²) < 4.78 is 0. The van der Waals surface area contributed by atoms with E-state index < -0.39 is 0 Å². The molecule has 0 radical (unpaired) electrons. The lowest BCUT2D eigenvalue weighted by atomic mass is 9.85. The summed E-state index contributed by atoms with van der Waals surface area (Å²) in [6, 6.07) is 1.06. The van der Waals surface area contributed by atoms with Crippen molar-refractivity contribution in [1.29, 1.82) is 0 Å². The molecule has 2 heteroatoms. The molecule has 1 heterocycles. The lowest BCUT2D eigenvalue weighted by Gasteiger charge is -2.32. The van der Waals surface area contributed by atoms with Crippen LogP contribution < -0.4 is 5.73 Å². The van der Waals surface area contributed by atoms with Crippen LogP contribution in [0.4, 0.5) is 0 Å². The van der Waals surface area contributed by atoms with E-state index in [1.807, 2.05) is 0 Å². The number of nitrogens with two attached hydrogens (primary N) is 1. The number of likely N-dealkylation sites (tertiary alicyclic amines) is 1. The highest BCUT2D eigenvalue weighted by atomic mass is 15.2. The highest BCUT2D eigenvalue weighted by Gasteiger charge is 2.35. The molecule has 0 saturated carbocycles. The van der Waals surface area contributed by atoms with Crippen molar-refractivity contribution < 1.29 is 0 Å². The van der Waals surface area contributed by atoms with Gasteiger partial charge < -0.3 is 10.6 Å². The van der Waals surface area contributed by atoms with E-state index in [9.17, 15) is 0 Å². The summed E-state index contributed by atoms with van der Waals surface area (Å²) in [5.74, 6) is 0. The van der Waals surface area contributed by atoms with E-state index in [1.54, 1.807) is 0 Å². The number of rotatable bonds is 0. The van der Waals surface area contributed by atoms with Gasteiger partial charge in [-0.1, -0.05) is 20.8 Å². The Bertz CT molecular complexity index is 137. The molecule has 0 spiro atoms. The van der Waals surface area contributed by atoms with Gasteiger partial charge in [0.1, 0.15) is 0 Å². The van der Waals surface area contributed by atoms with Gasteiger partial charge in [-0.05, 0) is 18.9 Å². The maximum absolute atomic E-state index is 5.87. The Morgan fingerprint density at radius 1 is 1.36 bits per heavy atom. The molecule has 0 amide bonds. The SMILES string of the molecule is CN1CC(N)CC1C(C)(C)C. The molecule has 1 saturated heterocycles. The lowest BCUT2D eigenvalue weighted by molar-refractivity contribution is 0.169. The molecule has 0 aromatic heterocycles. The zero-order valence-corrected chi connectivity index (χ0v) is 8.09. The molecule has 1 aliphatic heterocycles. The Morgan fingerprint density at radius 2 is 1.91 bits per heavy atom. The van der Waals surface area contributed by atoms with Gasteiger partial charge in [-0.3, -0.25) is 0 Å². The molecule has 1 fully saturated rings. The summed E-state index contributed by atoms with van der Waals surface area (Å²) >= 11 is 0. The van der Waals surface area contributed by atoms with Crippen LogP contribution in [-0.2, 0) is 0 Å². The van der Waals surface area contributed by atoms with Crippen LogP contribution in [0.25, 0.3) is 0 Å². The van der Waals surface area contributed by atoms with Crippen LogP contribution in [0.5, 0.6) is 0 Å². The molecular weight excluding hydrogens is 136 g/mol. The molecule has 1 aliphatic rings. The van der Waals surface area contributed by atoms with Gasteiger partial charge in [-0.2, -0.15) is 0 Å². The van der Waals surface area contributed by atoms with E-state index in [0.29, 0.717) is 17.5 Å². The van der Waals surface area contributed by atoms with E-state index in [1.165, 1.54) is 0 Å². The molecule has 0 aromatic rings. The van der Waals surface area contributed by atoms with Gasteiger partial charge in [0.15, 0.2) is 0 Å². The van der Waals surface area contributed by atoms with Crippen LogP contribution in [0.1, 0.15) is 27.2 Å². The minimum atomic E-state index is 0.378. The van der Waals surface area contributed by atoms with Gasteiger partial charge >= 0.3 is 0 Å². The van der Waals surface area contributed by atoms with E-state index in [4.69, 9.17) is 5.73 Å². The normalized spacial score (nSPS) is 34.6. The Hall–Kier alpha value is -0.0800.